The van der Waals surface area contributed by atoms with Crippen molar-refractivity contribution in [3.63, 3.8) is 0 Å². The molecule has 16 heavy (non-hydrogen) atoms. The Morgan fingerprint density at radius 2 is 1.50 bits per heavy atom. The second-order valence-electron chi connectivity index (χ2n) is 3.79. The van der Waals surface area contributed by atoms with Crippen LogP contribution in [0.5, 0.6) is 0 Å². The number of carbonyl (C=O) groups excluding carboxylic acids is 1. The van der Waals surface area contributed by atoms with E-state index in [0.29, 0.717) is 6.42 Å². The van der Waals surface area contributed by atoms with Crippen LogP contribution in [0.4, 0.5) is 13.2 Å². The van der Waals surface area contributed by atoms with Gasteiger partial charge >= 0.3 is 5.51 Å². The van der Waals surface area contributed by atoms with Crippen molar-refractivity contribution in [2.75, 3.05) is 0 Å². The minimum absolute atomic E-state index is 0.0396. The fourth-order valence-corrected chi connectivity index (χ4v) is 1.91. The first-order valence-electron chi connectivity index (χ1n) is 5.74. The van der Waals surface area contributed by atoms with Crippen LogP contribution in [0.2, 0.25) is 0 Å². The number of thioether (sulfide) groups is 1. The summed E-state index contributed by atoms with van der Waals surface area (Å²) in [6, 6.07) is 0. The van der Waals surface area contributed by atoms with Crippen LogP contribution in [0.1, 0.15) is 58.3 Å². The molecule has 0 N–H and O–H groups in total. The number of hydrogen-bond donors (Lipinski definition) is 0. The van der Waals surface area contributed by atoms with Crippen LogP contribution in [-0.4, -0.2) is 10.6 Å². The van der Waals surface area contributed by atoms with E-state index >= 15 is 0 Å². The molecule has 0 heterocycles. The van der Waals surface area contributed by atoms with E-state index in [1.165, 1.54) is 19.3 Å². The van der Waals surface area contributed by atoms with Gasteiger partial charge in [0.15, 0.2) is 5.12 Å². The summed E-state index contributed by atoms with van der Waals surface area (Å²) in [6.45, 7) is 2.13. The molecule has 0 unspecified atom stereocenters. The van der Waals surface area contributed by atoms with Gasteiger partial charge in [0.25, 0.3) is 0 Å². The van der Waals surface area contributed by atoms with Gasteiger partial charge < -0.3 is 0 Å². The summed E-state index contributed by atoms with van der Waals surface area (Å²) >= 11 is -0.510. The minimum Gasteiger partial charge on any atom is -0.287 e. The molecule has 96 valence electrons. The number of alkyl halides is 3. The van der Waals surface area contributed by atoms with Crippen molar-refractivity contribution in [3.8, 4) is 0 Å². The maximum atomic E-state index is 11.8. The van der Waals surface area contributed by atoms with Crippen LogP contribution in [-0.2, 0) is 4.79 Å². The first-order chi connectivity index (χ1) is 7.45. The fraction of sp³-hybridized carbons (Fsp3) is 0.909. The van der Waals surface area contributed by atoms with Gasteiger partial charge in [0, 0.05) is 18.2 Å². The van der Waals surface area contributed by atoms with E-state index < -0.39 is 22.4 Å². The largest absolute Gasteiger partial charge is 0.449 e. The molecule has 0 radical (unpaired) electrons. The summed E-state index contributed by atoms with van der Waals surface area (Å²) in [6.07, 6.45) is 7.18. The highest BCUT2D eigenvalue weighted by molar-refractivity contribution is 8.14. The zero-order valence-corrected chi connectivity index (χ0v) is 10.4. The summed E-state index contributed by atoms with van der Waals surface area (Å²) in [4.78, 5) is 10.8. The first-order valence-corrected chi connectivity index (χ1v) is 6.56. The van der Waals surface area contributed by atoms with Crippen molar-refractivity contribution in [2.24, 2.45) is 0 Å². The van der Waals surface area contributed by atoms with E-state index in [1.807, 2.05) is 0 Å². The van der Waals surface area contributed by atoms with Gasteiger partial charge in [-0.05, 0) is 6.42 Å². The summed E-state index contributed by atoms with van der Waals surface area (Å²) < 4.78 is 35.3. The standard InChI is InChI=1S/C11H19F3OS/c1-2-3-4-5-6-7-8-9-10(15)16-11(12,13)14/h2-9H2,1H3. The molecule has 0 atom stereocenters. The number of unbranched alkanes of at least 4 members (excludes halogenated alkanes) is 6. The molecule has 0 aliphatic carbocycles. The van der Waals surface area contributed by atoms with Crippen molar-refractivity contribution in [1.29, 1.82) is 0 Å². The van der Waals surface area contributed by atoms with E-state index in [0.717, 1.165) is 19.3 Å². The SMILES string of the molecule is CCCCCCCCCC(=O)SC(F)(F)F. The Morgan fingerprint density at radius 3 is 2.00 bits per heavy atom. The lowest BCUT2D eigenvalue weighted by atomic mass is 10.1. The molecule has 0 aliphatic rings. The predicted octanol–water partition coefficient (Wildman–Crippen LogP) is 4.91. The van der Waals surface area contributed by atoms with Crippen LogP contribution in [0.3, 0.4) is 0 Å². The molecule has 0 bridgehead atoms. The van der Waals surface area contributed by atoms with Crippen molar-refractivity contribution in [3.05, 3.63) is 0 Å². The minimum atomic E-state index is -4.42. The normalized spacial score (nSPS) is 11.8. The lowest BCUT2D eigenvalue weighted by Gasteiger charge is -2.04. The zero-order chi connectivity index (χ0) is 12.4. The highest BCUT2D eigenvalue weighted by Crippen LogP contribution is 2.32. The molecule has 5 heteroatoms. The molecule has 0 saturated carbocycles. The Balaban J connectivity index is 3.28. The van der Waals surface area contributed by atoms with Crippen LogP contribution in [0.25, 0.3) is 0 Å². The monoisotopic (exact) mass is 256 g/mol. The van der Waals surface area contributed by atoms with E-state index in [-0.39, 0.29) is 6.42 Å². The Bertz CT molecular complexity index is 192. The molecule has 0 aromatic carbocycles. The van der Waals surface area contributed by atoms with Crippen LogP contribution in [0, 0.1) is 0 Å². The number of carbonyl (C=O) groups is 1. The third-order valence-electron chi connectivity index (χ3n) is 2.21. The summed E-state index contributed by atoms with van der Waals surface area (Å²) in [5, 5.41) is -0.763. The molecule has 0 aliphatic heterocycles. The van der Waals surface area contributed by atoms with E-state index in [9.17, 15) is 18.0 Å². The van der Waals surface area contributed by atoms with Crippen LogP contribution in [0.15, 0.2) is 0 Å². The molecule has 0 aromatic rings. The van der Waals surface area contributed by atoms with Crippen molar-refractivity contribution < 1.29 is 18.0 Å². The van der Waals surface area contributed by atoms with Crippen molar-refractivity contribution in [2.45, 2.75) is 63.8 Å². The van der Waals surface area contributed by atoms with Gasteiger partial charge in [-0.15, -0.1) is 0 Å². The maximum absolute atomic E-state index is 11.8. The number of rotatable bonds is 8. The topological polar surface area (TPSA) is 17.1 Å². The Kier molecular flexibility index (Phi) is 8.80. The third kappa shape index (κ3) is 11.9. The zero-order valence-electron chi connectivity index (χ0n) is 9.61. The predicted molar refractivity (Wildman–Crippen MR) is 61.3 cm³/mol. The Labute approximate surface area is 99.2 Å². The van der Waals surface area contributed by atoms with Gasteiger partial charge in [0.2, 0.25) is 0 Å². The molecule has 0 fully saturated rings. The van der Waals surface area contributed by atoms with Gasteiger partial charge in [-0.25, -0.2) is 0 Å². The summed E-state index contributed by atoms with van der Waals surface area (Å²) in [5.41, 5.74) is -4.42. The molecule has 0 saturated heterocycles. The van der Waals surface area contributed by atoms with Gasteiger partial charge in [0.1, 0.15) is 0 Å². The van der Waals surface area contributed by atoms with E-state index in [2.05, 4.69) is 6.92 Å². The second-order valence-corrected chi connectivity index (χ2v) is 4.91. The average molecular weight is 256 g/mol. The van der Waals surface area contributed by atoms with E-state index in [4.69, 9.17) is 0 Å². The Hall–Kier alpha value is -0.190. The molecule has 0 spiro atoms. The molecule has 0 aromatic heterocycles. The smallest absolute Gasteiger partial charge is 0.287 e. The Morgan fingerprint density at radius 1 is 1.00 bits per heavy atom. The quantitative estimate of drug-likeness (QED) is 0.574. The van der Waals surface area contributed by atoms with Crippen LogP contribution >= 0.6 is 11.8 Å². The van der Waals surface area contributed by atoms with E-state index in [1.54, 1.807) is 0 Å². The summed E-state index contributed by atoms with van der Waals surface area (Å²) in [5.74, 6) is 0. The second kappa shape index (κ2) is 8.90. The van der Waals surface area contributed by atoms with Gasteiger partial charge in [0.05, 0.1) is 0 Å². The summed E-state index contributed by atoms with van der Waals surface area (Å²) in [7, 11) is 0. The number of hydrogen-bond acceptors (Lipinski definition) is 2. The first kappa shape index (κ1) is 15.8. The van der Waals surface area contributed by atoms with Gasteiger partial charge in [-0.2, -0.15) is 13.2 Å². The van der Waals surface area contributed by atoms with Crippen molar-refractivity contribution >= 4 is 16.9 Å². The highest BCUT2D eigenvalue weighted by atomic mass is 32.2. The van der Waals surface area contributed by atoms with Crippen LogP contribution < -0.4 is 0 Å². The lowest BCUT2D eigenvalue weighted by Crippen LogP contribution is -2.06. The fourth-order valence-electron chi connectivity index (χ4n) is 1.41. The number of halogens is 3. The molecular weight excluding hydrogens is 237 g/mol. The average Bonchev–Trinajstić information content (AvgIpc) is 2.13. The molecular formula is C11H19F3OS. The molecule has 0 rings (SSSR count). The molecule has 1 nitrogen and oxygen atoms in total. The molecule has 0 amide bonds. The highest BCUT2D eigenvalue weighted by Gasteiger charge is 2.31. The van der Waals surface area contributed by atoms with Gasteiger partial charge in [-0.3, -0.25) is 4.79 Å². The third-order valence-corrected chi connectivity index (χ3v) is 2.88. The lowest BCUT2D eigenvalue weighted by molar-refractivity contribution is -0.112. The maximum Gasteiger partial charge on any atom is 0.449 e. The van der Waals surface area contributed by atoms with Gasteiger partial charge in [-0.1, -0.05) is 45.4 Å². The van der Waals surface area contributed by atoms with Crippen molar-refractivity contribution in [1.82, 2.24) is 0 Å².